The summed E-state index contributed by atoms with van der Waals surface area (Å²) in [6.07, 6.45) is 4.30. The smallest absolute Gasteiger partial charge is 0.0110 e. The first-order valence-electron chi connectivity index (χ1n) is 4.77. The van der Waals surface area contributed by atoms with Gasteiger partial charge >= 0.3 is 0 Å². The van der Waals surface area contributed by atoms with E-state index in [0.29, 0.717) is 0 Å². The van der Waals surface area contributed by atoms with Crippen molar-refractivity contribution in [3.63, 3.8) is 0 Å². The minimum atomic E-state index is 0.911. The van der Waals surface area contributed by atoms with E-state index in [2.05, 4.69) is 17.1 Å². The molecule has 1 rings (SSSR count). The van der Waals surface area contributed by atoms with Gasteiger partial charge in [-0.25, -0.2) is 0 Å². The van der Waals surface area contributed by atoms with Crippen molar-refractivity contribution in [2.24, 2.45) is 0 Å². The molecule has 1 N–H and O–H groups in total. The Morgan fingerprint density at radius 2 is 2.18 bits per heavy atom. The molecule has 2 nitrogen and oxygen atoms in total. The molecule has 0 aliphatic heterocycles. The molecule has 1 aliphatic carbocycles. The van der Waals surface area contributed by atoms with Crippen LogP contribution in [0.3, 0.4) is 0 Å². The molecule has 2 heteroatoms. The van der Waals surface area contributed by atoms with Crippen LogP contribution in [0.1, 0.15) is 26.2 Å². The Labute approximate surface area is 70.0 Å². The molecule has 0 radical (unpaired) electrons. The molecule has 0 unspecified atom stereocenters. The minimum Gasteiger partial charge on any atom is -0.318 e. The highest BCUT2D eigenvalue weighted by atomic mass is 15.2. The van der Waals surface area contributed by atoms with Crippen LogP contribution in [0, 0.1) is 0 Å². The van der Waals surface area contributed by atoms with E-state index in [4.69, 9.17) is 0 Å². The topological polar surface area (TPSA) is 15.3 Å². The Kier molecular flexibility index (Phi) is 3.87. The standard InChI is InChI=1S/C9H20N2/c1-3-11(8-7-10-2)9-5-4-6-9/h9-10H,3-8H2,1-2H3. The second-order valence-electron chi connectivity index (χ2n) is 3.32. The van der Waals surface area contributed by atoms with Gasteiger partial charge in [-0.2, -0.15) is 0 Å². The van der Waals surface area contributed by atoms with Gasteiger partial charge in [-0.05, 0) is 26.4 Å². The van der Waals surface area contributed by atoms with Crippen molar-refractivity contribution in [3.05, 3.63) is 0 Å². The number of nitrogens with zero attached hydrogens (tertiary/aromatic N) is 1. The molecule has 0 aromatic rings. The molecular weight excluding hydrogens is 136 g/mol. The van der Waals surface area contributed by atoms with Crippen LogP contribution in [-0.4, -0.2) is 37.6 Å². The molecule has 0 aromatic carbocycles. The maximum Gasteiger partial charge on any atom is 0.0110 e. The van der Waals surface area contributed by atoms with E-state index < -0.39 is 0 Å². The number of hydrogen-bond acceptors (Lipinski definition) is 2. The van der Waals surface area contributed by atoms with Crippen LogP contribution in [0.25, 0.3) is 0 Å². The summed E-state index contributed by atoms with van der Waals surface area (Å²) in [5.74, 6) is 0. The Morgan fingerprint density at radius 1 is 1.45 bits per heavy atom. The monoisotopic (exact) mass is 156 g/mol. The molecule has 0 amide bonds. The first kappa shape index (κ1) is 9.01. The van der Waals surface area contributed by atoms with Gasteiger partial charge in [0.05, 0.1) is 0 Å². The van der Waals surface area contributed by atoms with Gasteiger partial charge in [-0.15, -0.1) is 0 Å². The molecule has 0 spiro atoms. The molecule has 66 valence electrons. The second-order valence-corrected chi connectivity index (χ2v) is 3.32. The Balaban J connectivity index is 2.13. The summed E-state index contributed by atoms with van der Waals surface area (Å²) >= 11 is 0. The summed E-state index contributed by atoms with van der Waals surface area (Å²) in [5, 5.41) is 3.19. The van der Waals surface area contributed by atoms with E-state index in [0.717, 1.165) is 12.6 Å². The van der Waals surface area contributed by atoms with Gasteiger partial charge < -0.3 is 5.32 Å². The highest BCUT2D eigenvalue weighted by Gasteiger charge is 2.22. The summed E-state index contributed by atoms with van der Waals surface area (Å²) in [6.45, 7) is 5.82. The van der Waals surface area contributed by atoms with Gasteiger partial charge in [0.2, 0.25) is 0 Å². The zero-order valence-corrected chi connectivity index (χ0v) is 7.77. The van der Waals surface area contributed by atoms with Gasteiger partial charge in [0.1, 0.15) is 0 Å². The molecule has 0 heterocycles. The lowest BCUT2D eigenvalue weighted by atomic mass is 9.91. The SMILES string of the molecule is CCN(CCNC)C1CCC1. The van der Waals surface area contributed by atoms with Crippen LogP contribution in [0.5, 0.6) is 0 Å². The van der Waals surface area contributed by atoms with Gasteiger partial charge in [0.15, 0.2) is 0 Å². The van der Waals surface area contributed by atoms with Crippen LogP contribution < -0.4 is 5.32 Å². The normalized spacial score (nSPS) is 18.8. The number of likely N-dealkylation sites (N-methyl/N-ethyl adjacent to an activating group) is 2. The van der Waals surface area contributed by atoms with E-state index in [9.17, 15) is 0 Å². The molecule has 11 heavy (non-hydrogen) atoms. The lowest BCUT2D eigenvalue weighted by Crippen LogP contribution is -2.42. The fourth-order valence-corrected chi connectivity index (χ4v) is 1.61. The van der Waals surface area contributed by atoms with Crippen LogP contribution in [0.2, 0.25) is 0 Å². The summed E-state index contributed by atoms with van der Waals surface area (Å²) in [5.41, 5.74) is 0. The fraction of sp³-hybridized carbons (Fsp3) is 1.00. The number of hydrogen-bond donors (Lipinski definition) is 1. The maximum absolute atomic E-state index is 3.19. The highest BCUT2D eigenvalue weighted by molar-refractivity contribution is 4.79. The van der Waals surface area contributed by atoms with Crippen LogP contribution in [0.4, 0.5) is 0 Å². The maximum atomic E-state index is 3.19. The van der Waals surface area contributed by atoms with E-state index in [1.165, 1.54) is 32.4 Å². The lowest BCUT2D eigenvalue weighted by Gasteiger charge is -2.36. The van der Waals surface area contributed by atoms with E-state index in [1.54, 1.807) is 0 Å². The first-order valence-corrected chi connectivity index (χ1v) is 4.77. The number of rotatable bonds is 5. The Bertz CT molecular complexity index is 99.7. The fourth-order valence-electron chi connectivity index (χ4n) is 1.61. The Hall–Kier alpha value is -0.0800. The molecule has 0 atom stereocenters. The number of nitrogens with one attached hydrogen (secondary N) is 1. The van der Waals surface area contributed by atoms with Gasteiger partial charge in [-0.1, -0.05) is 13.3 Å². The third-order valence-corrected chi connectivity index (χ3v) is 2.65. The van der Waals surface area contributed by atoms with Crippen molar-refractivity contribution in [2.75, 3.05) is 26.7 Å². The summed E-state index contributed by atoms with van der Waals surface area (Å²) in [4.78, 5) is 2.58. The van der Waals surface area contributed by atoms with Gasteiger partial charge in [-0.3, -0.25) is 4.90 Å². The van der Waals surface area contributed by atoms with Crippen molar-refractivity contribution in [3.8, 4) is 0 Å². The molecule has 0 bridgehead atoms. The van der Waals surface area contributed by atoms with E-state index in [1.807, 2.05) is 7.05 Å². The first-order chi connectivity index (χ1) is 5.38. The summed E-state index contributed by atoms with van der Waals surface area (Å²) in [7, 11) is 2.02. The van der Waals surface area contributed by atoms with Crippen molar-refractivity contribution < 1.29 is 0 Å². The van der Waals surface area contributed by atoms with E-state index >= 15 is 0 Å². The minimum absolute atomic E-state index is 0.911. The van der Waals surface area contributed by atoms with E-state index in [-0.39, 0.29) is 0 Å². The van der Waals surface area contributed by atoms with Crippen molar-refractivity contribution >= 4 is 0 Å². The van der Waals surface area contributed by atoms with Crippen molar-refractivity contribution in [1.82, 2.24) is 10.2 Å². The van der Waals surface area contributed by atoms with Crippen LogP contribution >= 0.6 is 0 Å². The predicted molar refractivity (Wildman–Crippen MR) is 48.8 cm³/mol. The zero-order chi connectivity index (χ0) is 8.10. The average Bonchev–Trinajstić information content (AvgIpc) is 1.93. The molecular formula is C9H20N2. The molecule has 1 saturated carbocycles. The quantitative estimate of drug-likeness (QED) is 0.641. The third-order valence-electron chi connectivity index (χ3n) is 2.65. The molecule has 1 fully saturated rings. The Morgan fingerprint density at radius 3 is 2.55 bits per heavy atom. The molecule has 0 aromatic heterocycles. The zero-order valence-electron chi connectivity index (χ0n) is 7.77. The van der Waals surface area contributed by atoms with Crippen molar-refractivity contribution in [2.45, 2.75) is 32.2 Å². The largest absolute Gasteiger partial charge is 0.318 e. The second kappa shape index (κ2) is 4.73. The third kappa shape index (κ3) is 2.46. The van der Waals surface area contributed by atoms with Gasteiger partial charge in [0, 0.05) is 19.1 Å². The van der Waals surface area contributed by atoms with Crippen LogP contribution in [0.15, 0.2) is 0 Å². The average molecular weight is 156 g/mol. The molecule has 1 aliphatic rings. The summed E-state index contributed by atoms with van der Waals surface area (Å²) < 4.78 is 0. The summed E-state index contributed by atoms with van der Waals surface area (Å²) in [6, 6.07) is 0.911. The van der Waals surface area contributed by atoms with Crippen molar-refractivity contribution in [1.29, 1.82) is 0 Å². The predicted octanol–water partition coefficient (Wildman–Crippen LogP) is 1.08. The lowest BCUT2D eigenvalue weighted by molar-refractivity contribution is 0.135. The van der Waals surface area contributed by atoms with Crippen LogP contribution in [-0.2, 0) is 0 Å². The molecule has 0 saturated heterocycles. The highest BCUT2D eigenvalue weighted by Crippen LogP contribution is 2.23. The van der Waals surface area contributed by atoms with Gasteiger partial charge in [0.25, 0.3) is 0 Å².